The molecule has 0 radical (unpaired) electrons. The molecule has 154 valence electrons. The topological polar surface area (TPSA) is 96.8 Å². The minimum Gasteiger partial charge on any atom is -0.364 e. The first kappa shape index (κ1) is 20.9. The van der Waals surface area contributed by atoms with Crippen LogP contribution in [0.4, 0.5) is 11.8 Å². The molecule has 9 heteroatoms. The van der Waals surface area contributed by atoms with E-state index in [0.717, 1.165) is 5.56 Å². The van der Waals surface area contributed by atoms with E-state index in [-0.39, 0.29) is 17.9 Å². The maximum Gasteiger partial charge on any atom is 0.245 e. The van der Waals surface area contributed by atoms with E-state index >= 15 is 0 Å². The molecule has 0 saturated heterocycles. The Kier molecular flexibility index (Phi) is 6.53. The number of hydrogen-bond donors (Lipinski definition) is 3. The number of amides is 1. The third-order valence-corrected chi connectivity index (χ3v) is 4.51. The van der Waals surface area contributed by atoms with Crippen LogP contribution in [0.2, 0.25) is 5.02 Å². The van der Waals surface area contributed by atoms with E-state index in [9.17, 15) is 4.79 Å². The van der Waals surface area contributed by atoms with E-state index in [1.165, 1.54) is 0 Å². The second-order valence-corrected chi connectivity index (χ2v) is 8.00. The average molecular weight is 416 g/mol. The Hall–Kier alpha value is -2.87. The number of anilines is 2. The van der Waals surface area contributed by atoms with Gasteiger partial charge >= 0.3 is 0 Å². The highest BCUT2D eigenvalue weighted by Gasteiger charge is 2.15. The van der Waals surface area contributed by atoms with Gasteiger partial charge in [-0.1, -0.05) is 37.6 Å². The molecular formula is C20H26ClN7O. The van der Waals surface area contributed by atoms with Crippen molar-refractivity contribution in [2.75, 3.05) is 10.7 Å². The number of rotatable bonds is 8. The lowest BCUT2D eigenvalue weighted by Gasteiger charge is -2.13. The second kappa shape index (κ2) is 9.09. The van der Waals surface area contributed by atoms with Gasteiger partial charge < -0.3 is 9.88 Å². The minimum absolute atomic E-state index is 0.114. The monoisotopic (exact) mass is 415 g/mol. The predicted octanol–water partition coefficient (Wildman–Crippen LogP) is 4.16. The third kappa shape index (κ3) is 5.35. The van der Waals surface area contributed by atoms with Gasteiger partial charge in [-0.2, -0.15) is 9.97 Å². The fourth-order valence-electron chi connectivity index (χ4n) is 2.81. The fraction of sp³-hybridized carbons (Fsp3) is 0.400. The molecule has 3 aromatic rings. The molecule has 0 unspecified atom stereocenters. The van der Waals surface area contributed by atoms with Crippen molar-refractivity contribution in [3.8, 4) is 0 Å². The number of fused-ring (bicyclic) bond motifs is 1. The maximum atomic E-state index is 12.0. The summed E-state index contributed by atoms with van der Waals surface area (Å²) in [6, 6.07) is 7.78. The number of benzene rings is 1. The highest BCUT2D eigenvalue weighted by Crippen LogP contribution is 2.24. The van der Waals surface area contributed by atoms with Gasteiger partial charge in [0, 0.05) is 24.0 Å². The zero-order valence-corrected chi connectivity index (χ0v) is 17.8. The molecule has 1 amide bonds. The standard InChI is InChI=1S/C20H26ClN7O/c1-12(2)9-16(29)26-27-20-24-18(22-10-14-5-7-15(21)8-6-14)17-19(25-20)28(11-23-17)13(3)4/h5-8,11-13H,9-10H2,1-4H3,(H,26,29)(H2,22,24,25,27). The first-order valence-corrected chi connectivity index (χ1v) is 9.99. The van der Waals surface area contributed by atoms with Crippen molar-refractivity contribution in [2.24, 2.45) is 5.92 Å². The van der Waals surface area contributed by atoms with Crippen molar-refractivity contribution in [3.63, 3.8) is 0 Å². The van der Waals surface area contributed by atoms with Crippen molar-refractivity contribution >= 4 is 40.4 Å². The Labute approximate surface area is 175 Å². The first-order valence-electron chi connectivity index (χ1n) is 9.61. The van der Waals surface area contributed by atoms with Gasteiger partial charge in [-0.3, -0.25) is 15.6 Å². The van der Waals surface area contributed by atoms with Gasteiger partial charge in [0.2, 0.25) is 11.9 Å². The molecule has 2 heterocycles. The molecule has 3 N–H and O–H groups in total. The van der Waals surface area contributed by atoms with Crippen LogP contribution in [0.5, 0.6) is 0 Å². The van der Waals surface area contributed by atoms with E-state index in [4.69, 9.17) is 11.6 Å². The number of hydrogen-bond acceptors (Lipinski definition) is 6. The number of hydrazine groups is 1. The van der Waals surface area contributed by atoms with E-state index in [1.54, 1.807) is 6.33 Å². The van der Waals surface area contributed by atoms with Crippen LogP contribution in [0.3, 0.4) is 0 Å². The molecule has 0 fully saturated rings. The molecule has 1 aromatic carbocycles. The number of carbonyl (C=O) groups excluding carboxylic acids is 1. The zero-order valence-electron chi connectivity index (χ0n) is 17.0. The van der Waals surface area contributed by atoms with Crippen LogP contribution in [0, 0.1) is 5.92 Å². The Bertz CT molecular complexity index is 982. The molecule has 29 heavy (non-hydrogen) atoms. The lowest BCUT2D eigenvalue weighted by molar-refractivity contribution is -0.121. The minimum atomic E-state index is -0.114. The van der Waals surface area contributed by atoms with E-state index in [0.29, 0.717) is 40.9 Å². The summed E-state index contributed by atoms with van der Waals surface area (Å²) in [5.74, 6) is 1.04. The number of halogens is 1. The normalized spacial score (nSPS) is 11.3. The van der Waals surface area contributed by atoms with Crippen LogP contribution in [-0.4, -0.2) is 25.4 Å². The Balaban J connectivity index is 1.85. The highest BCUT2D eigenvalue weighted by molar-refractivity contribution is 6.30. The van der Waals surface area contributed by atoms with Crippen molar-refractivity contribution in [2.45, 2.75) is 46.7 Å². The summed E-state index contributed by atoms with van der Waals surface area (Å²) >= 11 is 5.96. The predicted molar refractivity (Wildman–Crippen MR) is 116 cm³/mol. The average Bonchev–Trinajstić information content (AvgIpc) is 3.09. The molecule has 2 aromatic heterocycles. The molecular weight excluding hydrogens is 390 g/mol. The van der Waals surface area contributed by atoms with Crippen LogP contribution >= 0.6 is 11.6 Å². The van der Waals surface area contributed by atoms with Crippen molar-refractivity contribution in [1.29, 1.82) is 0 Å². The van der Waals surface area contributed by atoms with Crippen LogP contribution in [-0.2, 0) is 11.3 Å². The zero-order chi connectivity index (χ0) is 21.0. The Morgan fingerprint density at radius 1 is 1.14 bits per heavy atom. The van der Waals surface area contributed by atoms with Gasteiger partial charge in [0.25, 0.3) is 0 Å². The summed E-state index contributed by atoms with van der Waals surface area (Å²) in [4.78, 5) is 25.5. The molecule has 0 atom stereocenters. The van der Waals surface area contributed by atoms with Gasteiger partial charge in [-0.15, -0.1) is 0 Å². The van der Waals surface area contributed by atoms with Gasteiger partial charge in [0.15, 0.2) is 17.0 Å². The molecule has 0 aliphatic carbocycles. The van der Waals surface area contributed by atoms with Crippen molar-refractivity contribution < 1.29 is 4.79 Å². The molecule has 0 spiro atoms. The van der Waals surface area contributed by atoms with Crippen LogP contribution < -0.4 is 16.2 Å². The van der Waals surface area contributed by atoms with Gasteiger partial charge in [-0.05, 0) is 37.5 Å². The number of nitrogens with zero attached hydrogens (tertiary/aromatic N) is 4. The van der Waals surface area contributed by atoms with Crippen LogP contribution in [0.25, 0.3) is 11.2 Å². The Morgan fingerprint density at radius 2 is 1.86 bits per heavy atom. The van der Waals surface area contributed by atoms with Crippen LogP contribution in [0.15, 0.2) is 30.6 Å². The summed E-state index contributed by atoms with van der Waals surface area (Å²) < 4.78 is 1.96. The summed E-state index contributed by atoms with van der Waals surface area (Å²) in [5.41, 5.74) is 7.90. The number of carbonyl (C=O) groups is 1. The van der Waals surface area contributed by atoms with E-state index < -0.39 is 0 Å². The fourth-order valence-corrected chi connectivity index (χ4v) is 2.94. The molecule has 0 aliphatic rings. The van der Waals surface area contributed by atoms with E-state index in [1.807, 2.05) is 42.7 Å². The second-order valence-electron chi connectivity index (χ2n) is 7.56. The highest BCUT2D eigenvalue weighted by atomic mass is 35.5. The van der Waals surface area contributed by atoms with Crippen molar-refractivity contribution in [3.05, 3.63) is 41.2 Å². The number of imidazole rings is 1. The smallest absolute Gasteiger partial charge is 0.245 e. The SMILES string of the molecule is CC(C)CC(=O)NNc1nc(NCc2ccc(Cl)cc2)c2ncn(C(C)C)c2n1. The summed E-state index contributed by atoms with van der Waals surface area (Å²) in [6.07, 6.45) is 2.17. The lowest BCUT2D eigenvalue weighted by Crippen LogP contribution is -2.31. The first-order chi connectivity index (χ1) is 13.8. The lowest BCUT2D eigenvalue weighted by atomic mass is 10.1. The molecule has 0 aliphatic heterocycles. The summed E-state index contributed by atoms with van der Waals surface area (Å²) in [6.45, 7) is 8.64. The molecule has 8 nitrogen and oxygen atoms in total. The quantitative estimate of drug-likeness (QED) is 0.478. The van der Waals surface area contributed by atoms with Crippen LogP contribution in [0.1, 0.15) is 45.7 Å². The van der Waals surface area contributed by atoms with Gasteiger partial charge in [0.05, 0.1) is 6.33 Å². The molecule has 3 rings (SSSR count). The summed E-state index contributed by atoms with van der Waals surface area (Å²) in [7, 11) is 0. The number of aromatic nitrogens is 4. The van der Waals surface area contributed by atoms with Crippen molar-refractivity contribution in [1.82, 2.24) is 24.9 Å². The summed E-state index contributed by atoms with van der Waals surface area (Å²) in [5, 5.41) is 4.01. The molecule has 0 saturated carbocycles. The van der Waals surface area contributed by atoms with E-state index in [2.05, 4.69) is 45.0 Å². The molecule has 0 bridgehead atoms. The number of nitrogens with one attached hydrogen (secondary N) is 3. The van der Waals surface area contributed by atoms with Gasteiger partial charge in [-0.25, -0.2) is 4.98 Å². The maximum absolute atomic E-state index is 12.0. The Morgan fingerprint density at radius 3 is 2.52 bits per heavy atom. The van der Waals surface area contributed by atoms with Gasteiger partial charge in [0.1, 0.15) is 0 Å². The third-order valence-electron chi connectivity index (χ3n) is 4.26. The largest absolute Gasteiger partial charge is 0.364 e.